The molecular weight excluding hydrogens is 422 g/mol. The molecule has 172 valence electrons. The second-order valence-electron chi connectivity index (χ2n) is 9.47. The highest BCUT2D eigenvalue weighted by atomic mass is 32.2. The molecule has 0 amide bonds. The van der Waals surface area contributed by atoms with Crippen LogP contribution in [0.1, 0.15) is 73.6 Å². The monoisotopic (exact) mass is 455 g/mol. The fraction of sp³-hybridized carbons (Fsp3) is 0.400. The number of nitrogens with one attached hydrogen (secondary N) is 1. The van der Waals surface area contributed by atoms with Gasteiger partial charge in [-0.2, -0.15) is 9.82 Å². The van der Waals surface area contributed by atoms with Crippen molar-refractivity contribution in [1.82, 2.24) is 14.5 Å². The van der Waals surface area contributed by atoms with Gasteiger partial charge in [-0.05, 0) is 62.6 Å². The van der Waals surface area contributed by atoms with E-state index in [2.05, 4.69) is 37.6 Å². The fourth-order valence-corrected chi connectivity index (χ4v) is 5.20. The number of sulfonamides is 1. The number of hydrogen-bond donors (Lipinski definition) is 2. The molecule has 0 bridgehead atoms. The second-order valence-corrected chi connectivity index (χ2v) is 11.2. The van der Waals surface area contributed by atoms with Gasteiger partial charge in [0.25, 0.3) is 0 Å². The van der Waals surface area contributed by atoms with Gasteiger partial charge in [0.1, 0.15) is 0 Å². The van der Waals surface area contributed by atoms with Gasteiger partial charge in [-0.1, -0.05) is 56.7 Å². The van der Waals surface area contributed by atoms with Crippen LogP contribution in [0.3, 0.4) is 0 Å². The maximum Gasteiger partial charge on any atom is 0.243 e. The Balaban J connectivity index is 2.07. The van der Waals surface area contributed by atoms with Gasteiger partial charge in [-0.3, -0.25) is 4.68 Å². The van der Waals surface area contributed by atoms with Crippen LogP contribution in [-0.2, 0) is 15.4 Å². The van der Waals surface area contributed by atoms with E-state index in [0.717, 1.165) is 22.4 Å². The molecule has 0 spiro atoms. The van der Waals surface area contributed by atoms with Gasteiger partial charge >= 0.3 is 0 Å². The number of hydrogen-bond acceptors (Lipinski definition) is 4. The van der Waals surface area contributed by atoms with Crippen LogP contribution in [0.25, 0.3) is 0 Å². The fourth-order valence-electron chi connectivity index (χ4n) is 4.14. The normalized spacial score (nSPS) is 14.4. The molecule has 2 atom stereocenters. The molecule has 0 aliphatic rings. The molecule has 3 aromatic rings. The summed E-state index contributed by atoms with van der Waals surface area (Å²) < 4.78 is 29.8. The van der Waals surface area contributed by atoms with Crippen molar-refractivity contribution in [2.45, 2.75) is 71.0 Å². The smallest absolute Gasteiger partial charge is 0.243 e. The number of aliphatic hydroxyl groups excluding tert-OH is 1. The van der Waals surface area contributed by atoms with E-state index in [9.17, 15) is 13.5 Å². The van der Waals surface area contributed by atoms with E-state index < -0.39 is 16.3 Å². The Hall–Kier alpha value is -2.48. The van der Waals surface area contributed by atoms with Crippen molar-refractivity contribution in [2.24, 2.45) is 0 Å². The van der Waals surface area contributed by atoms with Crippen LogP contribution in [0.2, 0.25) is 0 Å². The summed E-state index contributed by atoms with van der Waals surface area (Å²) in [6.07, 6.45) is -1.45. The lowest BCUT2D eigenvalue weighted by Crippen LogP contribution is -2.30. The number of nitrogens with zero attached hydrogens (tertiary/aromatic N) is 2. The molecule has 0 saturated carbocycles. The molecule has 0 radical (unpaired) electrons. The van der Waals surface area contributed by atoms with Crippen molar-refractivity contribution in [1.29, 1.82) is 0 Å². The molecule has 32 heavy (non-hydrogen) atoms. The van der Waals surface area contributed by atoms with Crippen LogP contribution in [0.15, 0.2) is 53.4 Å². The summed E-state index contributed by atoms with van der Waals surface area (Å²) in [5.41, 5.74) is 5.47. The molecule has 0 saturated heterocycles. The van der Waals surface area contributed by atoms with E-state index >= 15 is 0 Å². The van der Waals surface area contributed by atoms with Gasteiger partial charge < -0.3 is 5.11 Å². The number of aromatic nitrogens is 2. The quantitative estimate of drug-likeness (QED) is 0.529. The number of rotatable bonds is 6. The van der Waals surface area contributed by atoms with E-state index in [1.165, 1.54) is 17.7 Å². The van der Waals surface area contributed by atoms with Gasteiger partial charge in [-0.15, -0.1) is 0 Å². The van der Waals surface area contributed by atoms with Crippen LogP contribution >= 0.6 is 0 Å². The van der Waals surface area contributed by atoms with Crippen LogP contribution in [0.4, 0.5) is 0 Å². The number of aliphatic hydroxyl groups is 1. The minimum atomic E-state index is -3.90. The molecule has 0 aliphatic heterocycles. The molecule has 2 unspecified atom stereocenters. The van der Waals surface area contributed by atoms with Crippen molar-refractivity contribution in [2.75, 3.05) is 0 Å². The molecule has 0 aliphatic carbocycles. The summed E-state index contributed by atoms with van der Waals surface area (Å²) in [5.74, 6) is 0. The Labute approximate surface area is 191 Å². The zero-order chi connectivity index (χ0) is 23.8. The third kappa shape index (κ3) is 4.95. The molecule has 2 aromatic carbocycles. The molecule has 2 N–H and O–H groups in total. The van der Waals surface area contributed by atoms with Crippen LogP contribution in [0, 0.1) is 20.8 Å². The lowest BCUT2D eigenvalue weighted by Gasteiger charge is -2.23. The van der Waals surface area contributed by atoms with Gasteiger partial charge in [-0.25, -0.2) is 8.42 Å². The molecule has 0 fully saturated rings. The molecule has 3 rings (SSSR count). The SMILES string of the molecule is Cc1cc(C)c(C(C)n2nc(C(C)(C)C)cc2C(O)NS(=O)(=O)c2ccccc2)c(C)c1. The highest BCUT2D eigenvalue weighted by molar-refractivity contribution is 7.89. The first-order valence-corrected chi connectivity index (χ1v) is 12.2. The summed E-state index contributed by atoms with van der Waals surface area (Å²) in [4.78, 5) is 0.0967. The maximum absolute atomic E-state index is 12.8. The van der Waals surface area contributed by atoms with Gasteiger partial charge in [0.05, 0.1) is 22.3 Å². The van der Waals surface area contributed by atoms with Crippen LogP contribution < -0.4 is 4.72 Å². The van der Waals surface area contributed by atoms with E-state index in [4.69, 9.17) is 5.10 Å². The standard InChI is InChI=1S/C25H33N3O3S/c1-16-13-17(2)23(18(3)14-16)19(4)28-21(15-22(26-28)25(5,6)7)24(29)27-32(30,31)20-11-9-8-10-12-20/h8-15,19,24,27,29H,1-7H3. The Morgan fingerprint density at radius 1 is 1.00 bits per heavy atom. The van der Waals surface area contributed by atoms with Crippen LogP contribution in [-0.4, -0.2) is 23.3 Å². The molecule has 7 heteroatoms. The average molecular weight is 456 g/mol. The second kappa shape index (κ2) is 8.81. The van der Waals surface area contributed by atoms with Crippen LogP contribution in [0.5, 0.6) is 0 Å². The first-order valence-electron chi connectivity index (χ1n) is 10.7. The first-order chi connectivity index (χ1) is 14.8. The maximum atomic E-state index is 12.8. The predicted molar refractivity (Wildman–Crippen MR) is 127 cm³/mol. The third-order valence-electron chi connectivity index (χ3n) is 5.66. The Kier molecular flexibility index (Phi) is 6.65. The highest BCUT2D eigenvalue weighted by Gasteiger charge is 2.29. The van der Waals surface area contributed by atoms with Crippen molar-refractivity contribution in [3.05, 3.63) is 82.2 Å². The van der Waals surface area contributed by atoms with E-state index in [1.807, 2.05) is 27.7 Å². The molecule has 1 aromatic heterocycles. The highest BCUT2D eigenvalue weighted by Crippen LogP contribution is 2.32. The zero-order valence-corrected chi connectivity index (χ0v) is 20.7. The predicted octanol–water partition coefficient (Wildman–Crippen LogP) is 4.68. The number of aryl methyl sites for hydroxylation is 3. The Morgan fingerprint density at radius 3 is 2.09 bits per heavy atom. The van der Waals surface area contributed by atoms with Crippen molar-refractivity contribution in [3.8, 4) is 0 Å². The van der Waals surface area contributed by atoms with Crippen molar-refractivity contribution < 1.29 is 13.5 Å². The van der Waals surface area contributed by atoms with Gasteiger partial charge in [0.2, 0.25) is 10.0 Å². The zero-order valence-electron chi connectivity index (χ0n) is 19.8. The summed E-state index contributed by atoms with van der Waals surface area (Å²) >= 11 is 0. The van der Waals surface area contributed by atoms with Gasteiger partial charge in [0.15, 0.2) is 6.23 Å². The Bertz CT molecular complexity index is 1190. The Morgan fingerprint density at radius 2 is 1.56 bits per heavy atom. The molecule has 1 heterocycles. The van der Waals surface area contributed by atoms with Crippen molar-refractivity contribution >= 4 is 10.0 Å². The third-order valence-corrected chi connectivity index (χ3v) is 7.08. The minimum Gasteiger partial charge on any atom is -0.372 e. The topological polar surface area (TPSA) is 84.2 Å². The van der Waals surface area contributed by atoms with E-state index in [0.29, 0.717) is 5.69 Å². The molecule has 6 nitrogen and oxygen atoms in total. The summed E-state index contributed by atoms with van der Waals surface area (Å²) in [6.45, 7) is 14.3. The van der Waals surface area contributed by atoms with Crippen molar-refractivity contribution in [3.63, 3.8) is 0 Å². The lowest BCUT2D eigenvalue weighted by molar-refractivity contribution is 0.153. The summed E-state index contributed by atoms with van der Waals surface area (Å²) in [7, 11) is -3.90. The minimum absolute atomic E-state index is 0.0967. The lowest BCUT2D eigenvalue weighted by atomic mass is 9.92. The molecular formula is C25H33N3O3S. The first kappa shape index (κ1) is 24.2. The van der Waals surface area contributed by atoms with E-state index in [-0.39, 0.29) is 16.4 Å². The summed E-state index contributed by atoms with van der Waals surface area (Å²) in [6, 6.07) is 13.9. The average Bonchev–Trinajstić information content (AvgIpc) is 3.13. The number of benzene rings is 2. The van der Waals surface area contributed by atoms with Gasteiger partial charge in [0, 0.05) is 5.41 Å². The van der Waals surface area contributed by atoms with E-state index in [1.54, 1.807) is 28.9 Å². The largest absolute Gasteiger partial charge is 0.372 e. The summed E-state index contributed by atoms with van der Waals surface area (Å²) in [5, 5.41) is 15.8.